The van der Waals surface area contributed by atoms with Crippen molar-refractivity contribution in [1.82, 2.24) is 14.7 Å². The van der Waals surface area contributed by atoms with Crippen LogP contribution in [0, 0.1) is 5.41 Å². The number of fused-ring (bicyclic) bond motifs is 1. The van der Waals surface area contributed by atoms with E-state index in [0.29, 0.717) is 25.3 Å². The van der Waals surface area contributed by atoms with Crippen molar-refractivity contribution in [2.45, 2.75) is 36.8 Å². The van der Waals surface area contributed by atoms with Crippen LogP contribution in [0.25, 0.3) is 10.8 Å². The van der Waals surface area contributed by atoms with Gasteiger partial charge in [-0.3, -0.25) is 0 Å². The average Bonchev–Trinajstić information content (AvgIpc) is 3.52. The number of aromatic nitrogens is 2. The molecule has 5 rings (SSSR count). The van der Waals surface area contributed by atoms with Crippen LogP contribution in [0.2, 0.25) is 0 Å². The zero-order valence-electron chi connectivity index (χ0n) is 18.7. The zero-order chi connectivity index (χ0) is 23.9. The van der Waals surface area contributed by atoms with Crippen molar-refractivity contribution in [2.24, 2.45) is 5.41 Å². The minimum absolute atomic E-state index is 0.218. The van der Waals surface area contributed by atoms with Crippen LogP contribution in [0.4, 0.5) is 5.95 Å². The number of β-amino-alcohol motifs (C(OH)–C–C–N with tert-alkyl or cyclic N) is 1. The highest BCUT2D eigenvalue weighted by atomic mass is 32.2. The number of rotatable bonds is 6. The molecule has 0 amide bonds. The van der Waals surface area contributed by atoms with E-state index in [4.69, 9.17) is 4.74 Å². The molecule has 1 aliphatic carbocycles. The molecule has 2 aliphatic rings. The van der Waals surface area contributed by atoms with Gasteiger partial charge in [-0.05, 0) is 42.7 Å². The van der Waals surface area contributed by atoms with Gasteiger partial charge in [-0.2, -0.15) is 0 Å². The molecule has 9 nitrogen and oxygen atoms in total. The maximum Gasteiger partial charge on any atom is 0.341 e. The maximum absolute atomic E-state index is 13.0. The third-order valence-corrected chi connectivity index (χ3v) is 8.25. The normalized spacial score (nSPS) is 24.4. The first-order chi connectivity index (χ1) is 16.3. The summed E-state index contributed by atoms with van der Waals surface area (Å²) in [6.45, 7) is 2.86. The molecule has 2 aromatic carbocycles. The van der Waals surface area contributed by atoms with Crippen molar-refractivity contribution in [1.29, 1.82) is 0 Å². The molecule has 2 unspecified atom stereocenters. The second-order valence-electron chi connectivity index (χ2n) is 8.82. The summed E-state index contributed by atoms with van der Waals surface area (Å²) in [6, 6.07) is 12.4. The largest absolute Gasteiger partial charge is 0.462 e. The lowest BCUT2D eigenvalue weighted by molar-refractivity contribution is 0.0525. The minimum Gasteiger partial charge on any atom is -0.462 e. The Balaban J connectivity index is 1.24. The standard InChI is InChI=1S/C24H26N4O5S/c1-2-33-22(30)18-13-25-23(26-14-18)28-10-9-24(21(29)15-28)12-20(24)27-34(31,32)19-8-7-16-5-3-4-6-17(16)11-19/h3-8,11,13-14,20-21,27,29H,2,9-10,12,15H2,1H3/t20?,21-,24?/m1/s1. The molecular formula is C24H26N4O5S. The van der Waals surface area contributed by atoms with Crippen LogP contribution in [-0.4, -0.2) is 61.3 Å². The Bertz CT molecular complexity index is 1330. The van der Waals surface area contributed by atoms with Crippen molar-refractivity contribution >= 4 is 32.7 Å². The van der Waals surface area contributed by atoms with Crippen LogP contribution in [0.5, 0.6) is 0 Å². The van der Waals surface area contributed by atoms with E-state index in [1.165, 1.54) is 12.4 Å². The molecule has 1 aliphatic heterocycles. The Labute approximate surface area is 197 Å². The molecule has 34 heavy (non-hydrogen) atoms. The summed E-state index contributed by atoms with van der Waals surface area (Å²) < 4.78 is 33.8. The van der Waals surface area contributed by atoms with Crippen LogP contribution in [-0.2, 0) is 14.8 Å². The van der Waals surface area contributed by atoms with E-state index in [-0.39, 0.29) is 29.7 Å². The number of ether oxygens (including phenoxy) is 1. The van der Waals surface area contributed by atoms with Crippen LogP contribution in [0.15, 0.2) is 59.8 Å². The number of hydrogen-bond acceptors (Lipinski definition) is 8. The molecule has 1 aromatic heterocycles. The van der Waals surface area contributed by atoms with Gasteiger partial charge < -0.3 is 14.7 Å². The summed E-state index contributed by atoms with van der Waals surface area (Å²) >= 11 is 0. The monoisotopic (exact) mass is 482 g/mol. The van der Waals surface area contributed by atoms with Crippen LogP contribution in [0.3, 0.4) is 0 Å². The Kier molecular flexibility index (Phi) is 5.75. The van der Waals surface area contributed by atoms with Crippen LogP contribution < -0.4 is 9.62 Å². The molecule has 3 aromatic rings. The highest BCUT2D eigenvalue weighted by Crippen LogP contribution is 2.54. The van der Waals surface area contributed by atoms with Crippen LogP contribution >= 0.6 is 0 Å². The maximum atomic E-state index is 13.0. The number of nitrogens with zero attached hydrogens (tertiary/aromatic N) is 3. The van der Waals surface area contributed by atoms with Crippen molar-refractivity contribution in [3.63, 3.8) is 0 Å². The molecule has 3 atom stereocenters. The number of hydrogen-bond donors (Lipinski definition) is 2. The molecular weight excluding hydrogens is 456 g/mol. The molecule has 1 spiro atoms. The van der Waals surface area contributed by atoms with E-state index in [2.05, 4.69) is 14.7 Å². The van der Waals surface area contributed by atoms with E-state index in [1.807, 2.05) is 29.2 Å². The van der Waals surface area contributed by atoms with E-state index in [1.54, 1.807) is 25.1 Å². The van der Waals surface area contributed by atoms with E-state index >= 15 is 0 Å². The van der Waals surface area contributed by atoms with E-state index < -0.39 is 27.5 Å². The van der Waals surface area contributed by atoms with Crippen LogP contribution in [0.1, 0.15) is 30.1 Å². The van der Waals surface area contributed by atoms with Gasteiger partial charge in [0, 0.05) is 36.9 Å². The van der Waals surface area contributed by atoms with Gasteiger partial charge in [-0.25, -0.2) is 27.9 Å². The van der Waals surface area contributed by atoms with Gasteiger partial charge in [0.2, 0.25) is 16.0 Å². The summed E-state index contributed by atoms with van der Waals surface area (Å²) in [5, 5.41) is 12.8. The lowest BCUT2D eigenvalue weighted by atomic mass is 9.90. The molecule has 2 heterocycles. The summed E-state index contributed by atoms with van der Waals surface area (Å²) in [7, 11) is -3.71. The second kappa shape index (κ2) is 8.61. The van der Waals surface area contributed by atoms with Crippen molar-refractivity contribution in [3.05, 3.63) is 60.4 Å². The first kappa shape index (κ1) is 22.7. The molecule has 0 bridgehead atoms. The lowest BCUT2D eigenvalue weighted by Gasteiger charge is -2.37. The Morgan fingerprint density at radius 2 is 1.94 bits per heavy atom. The zero-order valence-corrected chi connectivity index (χ0v) is 19.5. The number of piperidine rings is 1. The third-order valence-electron chi connectivity index (χ3n) is 6.78. The molecule has 2 N–H and O–H groups in total. The fraction of sp³-hybridized carbons (Fsp3) is 0.375. The Morgan fingerprint density at radius 1 is 1.21 bits per heavy atom. The number of nitrogens with one attached hydrogen (secondary N) is 1. The summed E-state index contributed by atoms with van der Waals surface area (Å²) in [4.78, 5) is 22.3. The molecule has 2 fully saturated rings. The fourth-order valence-electron chi connectivity index (χ4n) is 4.69. The number of aliphatic hydroxyl groups excluding tert-OH is 1. The molecule has 1 saturated carbocycles. The number of esters is 1. The summed E-state index contributed by atoms with van der Waals surface area (Å²) in [6.07, 6.45) is 3.27. The van der Waals surface area contributed by atoms with Gasteiger partial charge in [0.25, 0.3) is 0 Å². The molecule has 1 saturated heterocycles. The van der Waals surface area contributed by atoms with Gasteiger partial charge in [0.05, 0.1) is 23.2 Å². The highest BCUT2D eigenvalue weighted by molar-refractivity contribution is 7.89. The number of benzene rings is 2. The number of carbonyl (C=O) groups excluding carboxylic acids is 1. The SMILES string of the molecule is CCOC(=O)c1cnc(N2CCC3(CC3NS(=O)(=O)c3ccc4ccccc4c3)[C@H](O)C2)nc1. The second-order valence-corrected chi connectivity index (χ2v) is 10.5. The van der Waals surface area contributed by atoms with E-state index in [9.17, 15) is 18.3 Å². The first-order valence-electron chi connectivity index (χ1n) is 11.3. The number of sulfonamides is 1. The smallest absolute Gasteiger partial charge is 0.341 e. The molecule has 0 radical (unpaired) electrons. The first-order valence-corrected chi connectivity index (χ1v) is 12.7. The van der Waals surface area contributed by atoms with Crippen molar-refractivity contribution in [3.8, 4) is 0 Å². The fourth-order valence-corrected chi connectivity index (χ4v) is 6.05. The van der Waals surface area contributed by atoms with Crippen molar-refractivity contribution < 1.29 is 23.1 Å². The Morgan fingerprint density at radius 3 is 2.65 bits per heavy atom. The topological polar surface area (TPSA) is 122 Å². The van der Waals surface area contributed by atoms with E-state index in [0.717, 1.165) is 10.8 Å². The number of carbonyl (C=O) groups is 1. The van der Waals surface area contributed by atoms with Gasteiger partial charge in [0.15, 0.2) is 0 Å². The highest BCUT2D eigenvalue weighted by Gasteiger charge is 2.61. The third kappa shape index (κ3) is 4.13. The predicted octanol–water partition coefficient (Wildman–Crippen LogP) is 2.11. The summed E-state index contributed by atoms with van der Waals surface area (Å²) in [5.74, 6) is -0.0675. The predicted molar refractivity (Wildman–Crippen MR) is 126 cm³/mol. The average molecular weight is 483 g/mol. The number of aliphatic hydroxyl groups is 1. The number of anilines is 1. The lowest BCUT2D eigenvalue weighted by Crippen LogP contribution is -2.48. The van der Waals surface area contributed by atoms with Gasteiger partial charge >= 0.3 is 5.97 Å². The quantitative estimate of drug-likeness (QED) is 0.513. The van der Waals surface area contributed by atoms with Gasteiger partial charge in [-0.1, -0.05) is 30.3 Å². The molecule has 10 heteroatoms. The van der Waals surface area contributed by atoms with Crippen molar-refractivity contribution in [2.75, 3.05) is 24.6 Å². The molecule has 178 valence electrons. The summed E-state index contributed by atoms with van der Waals surface area (Å²) in [5.41, 5.74) is -0.226. The van der Waals surface area contributed by atoms with Gasteiger partial charge in [-0.15, -0.1) is 0 Å². The minimum atomic E-state index is -3.71. The van der Waals surface area contributed by atoms with Gasteiger partial charge in [0.1, 0.15) is 0 Å². The Hall–Kier alpha value is -3.08.